The topological polar surface area (TPSA) is 32.8 Å². The minimum atomic E-state index is -0.292. The summed E-state index contributed by atoms with van der Waals surface area (Å²) < 4.78 is 5.90. The molecule has 0 radical (unpaired) electrons. The number of amides is 1. The van der Waals surface area contributed by atoms with E-state index in [1.54, 1.807) is 0 Å². The predicted octanol–water partition coefficient (Wildman–Crippen LogP) is 3.16. The minimum Gasteiger partial charge on any atom is -0.491 e. The van der Waals surface area contributed by atoms with Crippen LogP contribution in [0, 0.1) is 5.41 Å². The number of benzene rings is 1. The summed E-state index contributed by atoms with van der Waals surface area (Å²) in [6.45, 7) is 14.4. The Labute approximate surface area is 140 Å². The molecule has 4 nitrogen and oxygen atoms in total. The fourth-order valence-corrected chi connectivity index (χ4v) is 2.83. The largest absolute Gasteiger partial charge is 0.491 e. The molecule has 0 bridgehead atoms. The lowest BCUT2D eigenvalue weighted by atomic mass is 9.94. The van der Waals surface area contributed by atoms with Crippen molar-refractivity contribution in [3.63, 3.8) is 0 Å². The Bertz CT molecular complexity index is 526. The van der Waals surface area contributed by atoms with Crippen LogP contribution in [0.15, 0.2) is 24.3 Å². The normalized spacial score (nSPS) is 16.7. The Kier molecular flexibility index (Phi) is 5.69. The standard InChI is InChI=1S/C19H30N2O2/c1-15(2)23-17-9-7-6-8-16(17)14-20-10-12-21(13-11-20)18(22)19(3,4)5/h6-9,15H,10-14H2,1-5H3. The summed E-state index contributed by atoms with van der Waals surface area (Å²) in [4.78, 5) is 16.7. The van der Waals surface area contributed by atoms with Gasteiger partial charge in [-0.15, -0.1) is 0 Å². The number of carbonyl (C=O) groups is 1. The first-order valence-corrected chi connectivity index (χ1v) is 8.53. The van der Waals surface area contributed by atoms with Gasteiger partial charge in [0.05, 0.1) is 6.10 Å². The van der Waals surface area contributed by atoms with E-state index in [1.165, 1.54) is 5.56 Å². The molecule has 1 aliphatic heterocycles. The molecule has 0 atom stereocenters. The van der Waals surface area contributed by atoms with Crippen molar-refractivity contribution in [1.29, 1.82) is 0 Å². The zero-order valence-electron chi connectivity index (χ0n) is 15.1. The van der Waals surface area contributed by atoms with Gasteiger partial charge in [0, 0.05) is 43.7 Å². The lowest BCUT2D eigenvalue weighted by Gasteiger charge is -2.37. The van der Waals surface area contributed by atoms with E-state index in [4.69, 9.17) is 4.74 Å². The average Bonchev–Trinajstić information content (AvgIpc) is 2.48. The van der Waals surface area contributed by atoms with E-state index in [9.17, 15) is 4.79 Å². The van der Waals surface area contributed by atoms with E-state index in [1.807, 2.05) is 51.7 Å². The van der Waals surface area contributed by atoms with Crippen LogP contribution in [0.3, 0.4) is 0 Å². The fraction of sp³-hybridized carbons (Fsp3) is 0.632. The van der Waals surface area contributed by atoms with Crippen molar-refractivity contribution >= 4 is 5.91 Å². The number of para-hydroxylation sites is 1. The molecule has 4 heteroatoms. The van der Waals surface area contributed by atoms with Gasteiger partial charge in [0.15, 0.2) is 0 Å². The molecule has 1 saturated heterocycles. The van der Waals surface area contributed by atoms with Crippen molar-refractivity contribution in [3.8, 4) is 5.75 Å². The highest BCUT2D eigenvalue weighted by Crippen LogP contribution is 2.23. The molecule has 1 aliphatic rings. The predicted molar refractivity (Wildman–Crippen MR) is 93.5 cm³/mol. The molecular formula is C19H30N2O2. The van der Waals surface area contributed by atoms with Gasteiger partial charge in [-0.25, -0.2) is 0 Å². The van der Waals surface area contributed by atoms with Crippen LogP contribution in [0.2, 0.25) is 0 Å². The Hall–Kier alpha value is -1.55. The van der Waals surface area contributed by atoms with Crippen LogP contribution in [0.25, 0.3) is 0 Å². The van der Waals surface area contributed by atoms with Crippen molar-refractivity contribution in [3.05, 3.63) is 29.8 Å². The average molecular weight is 318 g/mol. The number of nitrogens with zero attached hydrogens (tertiary/aromatic N) is 2. The third-order valence-corrected chi connectivity index (χ3v) is 4.03. The van der Waals surface area contributed by atoms with Crippen LogP contribution in [-0.2, 0) is 11.3 Å². The van der Waals surface area contributed by atoms with Crippen LogP contribution >= 0.6 is 0 Å². The molecule has 128 valence electrons. The fourth-order valence-electron chi connectivity index (χ4n) is 2.83. The van der Waals surface area contributed by atoms with Crippen LogP contribution in [0.1, 0.15) is 40.2 Å². The summed E-state index contributed by atoms with van der Waals surface area (Å²) in [5, 5.41) is 0. The molecular weight excluding hydrogens is 288 g/mol. The molecule has 2 rings (SSSR count). The van der Waals surface area contributed by atoms with Gasteiger partial charge >= 0.3 is 0 Å². The molecule has 0 spiro atoms. The number of rotatable bonds is 4. The molecule has 1 aromatic rings. The Morgan fingerprint density at radius 1 is 1.13 bits per heavy atom. The van der Waals surface area contributed by atoms with Crippen LogP contribution in [0.5, 0.6) is 5.75 Å². The number of hydrogen-bond acceptors (Lipinski definition) is 3. The zero-order chi connectivity index (χ0) is 17.0. The molecule has 1 heterocycles. The molecule has 1 fully saturated rings. The van der Waals surface area contributed by atoms with Gasteiger partial charge in [-0.2, -0.15) is 0 Å². The third-order valence-electron chi connectivity index (χ3n) is 4.03. The Morgan fingerprint density at radius 2 is 1.74 bits per heavy atom. The van der Waals surface area contributed by atoms with Gasteiger partial charge < -0.3 is 9.64 Å². The number of hydrogen-bond donors (Lipinski definition) is 0. The van der Waals surface area contributed by atoms with Gasteiger partial charge in [0.25, 0.3) is 0 Å². The third kappa shape index (κ3) is 4.96. The molecule has 1 aromatic carbocycles. The Balaban J connectivity index is 1.93. The van der Waals surface area contributed by atoms with Crippen molar-refractivity contribution in [2.24, 2.45) is 5.41 Å². The summed E-state index contributed by atoms with van der Waals surface area (Å²) in [5.74, 6) is 1.22. The van der Waals surface area contributed by atoms with E-state index >= 15 is 0 Å². The maximum atomic E-state index is 12.3. The number of ether oxygens (including phenoxy) is 1. The molecule has 0 aliphatic carbocycles. The van der Waals surface area contributed by atoms with E-state index in [0.717, 1.165) is 38.5 Å². The van der Waals surface area contributed by atoms with Crippen LogP contribution < -0.4 is 4.74 Å². The first-order chi connectivity index (χ1) is 10.8. The highest BCUT2D eigenvalue weighted by Gasteiger charge is 2.29. The monoisotopic (exact) mass is 318 g/mol. The molecule has 0 N–H and O–H groups in total. The number of carbonyl (C=O) groups excluding carboxylic acids is 1. The van der Waals surface area contributed by atoms with Crippen molar-refractivity contribution in [2.75, 3.05) is 26.2 Å². The first-order valence-electron chi connectivity index (χ1n) is 8.53. The van der Waals surface area contributed by atoms with E-state index in [2.05, 4.69) is 17.0 Å². The van der Waals surface area contributed by atoms with E-state index < -0.39 is 0 Å². The van der Waals surface area contributed by atoms with Crippen LogP contribution in [0.4, 0.5) is 0 Å². The lowest BCUT2D eigenvalue weighted by molar-refractivity contribution is -0.141. The molecule has 0 saturated carbocycles. The summed E-state index contributed by atoms with van der Waals surface area (Å²) in [7, 11) is 0. The second-order valence-corrected chi connectivity index (χ2v) is 7.59. The quantitative estimate of drug-likeness (QED) is 0.855. The molecule has 1 amide bonds. The smallest absolute Gasteiger partial charge is 0.228 e. The minimum absolute atomic E-state index is 0.178. The number of piperazine rings is 1. The highest BCUT2D eigenvalue weighted by atomic mass is 16.5. The SMILES string of the molecule is CC(C)Oc1ccccc1CN1CCN(C(=O)C(C)(C)C)CC1. The molecule has 0 unspecified atom stereocenters. The van der Waals surface area contributed by atoms with E-state index in [-0.39, 0.29) is 17.4 Å². The molecule has 0 aromatic heterocycles. The summed E-state index contributed by atoms with van der Waals surface area (Å²) >= 11 is 0. The van der Waals surface area contributed by atoms with Gasteiger partial charge in [-0.05, 0) is 19.9 Å². The lowest BCUT2D eigenvalue weighted by Crippen LogP contribution is -2.51. The van der Waals surface area contributed by atoms with E-state index in [0.29, 0.717) is 0 Å². The van der Waals surface area contributed by atoms with Gasteiger partial charge in [0.1, 0.15) is 5.75 Å². The second kappa shape index (κ2) is 7.35. The summed E-state index contributed by atoms with van der Waals surface area (Å²) in [6.07, 6.45) is 0.178. The summed E-state index contributed by atoms with van der Waals surface area (Å²) in [6, 6.07) is 8.24. The van der Waals surface area contributed by atoms with Gasteiger partial charge in [0.2, 0.25) is 5.91 Å². The second-order valence-electron chi connectivity index (χ2n) is 7.59. The molecule has 23 heavy (non-hydrogen) atoms. The summed E-state index contributed by atoms with van der Waals surface area (Å²) in [5.41, 5.74) is 0.927. The van der Waals surface area contributed by atoms with Gasteiger partial charge in [-0.3, -0.25) is 9.69 Å². The van der Waals surface area contributed by atoms with Crippen molar-refractivity contribution in [2.45, 2.75) is 47.3 Å². The highest BCUT2D eigenvalue weighted by molar-refractivity contribution is 5.81. The maximum absolute atomic E-state index is 12.3. The van der Waals surface area contributed by atoms with Crippen molar-refractivity contribution in [1.82, 2.24) is 9.80 Å². The Morgan fingerprint density at radius 3 is 2.30 bits per heavy atom. The zero-order valence-corrected chi connectivity index (χ0v) is 15.1. The maximum Gasteiger partial charge on any atom is 0.228 e. The van der Waals surface area contributed by atoms with Crippen molar-refractivity contribution < 1.29 is 9.53 Å². The first kappa shape index (κ1) is 17.8. The van der Waals surface area contributed by atoms with Gasteiger partial charge in [-0.1, -0.05) is 39.0 Å². The van der Waals surface area contributed by atoms with Crippen LogP contribution in [-0.4, -0.2) is 48.0 Å².